The average molecular weight is 321 g/mol. The number of hydrogen-bond donors (Lipinski definition) is 1. The molecular weight excluding hydrogens is 284 g/mol. The Morgan fingerprint density at radius 1 is 0.947 bits per heavy atom. The molecule has 0 saturated heterocycles. The molecule has 0 radical (unpaired) electrons. The molecule has 0 bridgehead atoms. The minimum absolute atomic E-state index is 0.0399. The number of hydrogen-bond acceptors (Lipinski definition) is 2. The molecule has 0 spiro atoms. The molecule has 1 nitrogen and oxygen atoms in total. The van der Waals surface area contributed by atoms with Crippen LogP contribution < -0.4 is 0 Å². The van der Waals surface area contributed by atoms with Crippen LogP contribution in [-0.4, -0.2) is 28.5 Å². The standard InChI is InChI=1S/C15H36OSSi2/c1-9-19(10-2,11-3)15(17,12-13(4,5)6)14(7,8)16-18/h17H,9-12H2,1-8,18H3/t15-/m1/s1. The summed E-state index contributed by atoms with van der Waals surface area (Å²) in [6.45, 7) is 18.6. The second kappa shape index (κ2) is 6.67. The topological polar surface area (TPSA) is 9.23 Å². The van der Waals surface area contributed by atoms with Crippen molar-refractivity contribution in [2.75, 3.05) is 0 Å². The van der Waals surface area contributed by atoms with Gasteiger partial charge in [0.05, 0.1) is 13.7 Å². The molecule has 0 aliphatic heterocycles. The highest BCUT2D eigenvalue weighted by Gasteiger charge is 2.57. The summed E-state index contributed by atoms with van der Waals surface area (Å²) >= 11 is 5.35. The molecular formula is C15H36OSSi2. The van der Waals surface area contributed by atoms with Gasteiger partial charge >= 0.3 is 0 Å². The van der Waals surface area contributed by atoms with Crippen molar-refractivity contribution < 1.29 is 4.43 Å². The second-order valence-electron chi connectivity index (χ2n) is 7.65. The lowest BCUT2D eigenvalue weighted by Crippen LogP contribution is -2.66. The van der Waals surface area contributed by atoms with Gasteiger partial charge in [0.2, 0.25) is 0 Å². The Morgan fingerprint density at radius 2 is 1.32 bits per heavy atom. The largest absolute Gasteiger partial charge is 0.422 e. The van der Waals surface area contributed by atoms with Gasteiger partial charge in [-0.2, -0.15) is 12.6 Å². The van der Waals surface area contributed by atoms with Crippen molar-refractivity contribution >= 4 is 31.2 Å². The van der Waals surface area contributed by atoms with E-state index in [1.165, 1.54) is 18.1 Å². The summed E-state index contributed by atoms with van der Waals surface area (Å²) in [5, 5.41) is 0. The quantitative estimate of drug-likeness (QED) is 0.546. The number of thiol groups is 1. The maximum absolute atomic E-state index is 6.06. The van der Waals surface area contributed by atoms with Gasteiger partial charge in [0.1, 0.15) is 10.5 Å². The van der Waals surface area contributed by atoms with Gasteiger partial charge in [-0.05, 0) is 25.7 Å². The predicted octanol–water partition coefficient (Wildman–Crippen LogP) is 4.21. The van der Waals surface area contributed by atoms with E-state index in [1.807, 2.05) is 0 Å². The van der Waals surface area contributed by atoms with Crippen LogP contribution in [0.15, 0.2) is 0 Å². The van der Waals surface area contributed by atoms with Crippen LogP contribution in [0.5, 0.6) is 0 Å². The fourth-order valence-corrected chi connectivity index (χ4v) is 11.9. The Balaban J connectivity index is 5.89. The van der Waals surface area contributed by atoms with Gasteiger partial charge in [0.25, 0.3) is 0 Å². The van der Waals surface area contributed by atoms with E-state index in [9.17, 15) is 0 Å². The summed E-state index contributed by atoms with van der Waals surface area (Å²) in [6.07, 6.45) is 1.14. The van der Waals surface area contributed by atoms with E-state index in [4.69, 9.17) is 17.1 Å². The smallest absolute Gasteiger partial charge is 0.146 e. The molecule has 0 aromatic heterocycles. The molecule has 0 aromatic carbocycles. The maximum atomic E-state index is 6.06. The predicted molar refractivity (Wildman–Crippen MR) is 98.1 cm³/mol. The Bertz CT molecular complexity index is 274. The molecule has 116 valence electrons. The summed E-state index contributed by atoms with van der Waals surface area (Å²) in [5.41, 5.74) is 0.167. The normalized spacial score (nSPS) is 17.5. The van der Waals surface area contributed by atoms with E-state index < -0.39 is 8.07 Å². The third kappa shape index (κ3) is 3.89. The summed E-state index contributed by atoms with van der Waals surface area (Å²) in [7, 11) is -0.692. The molecule has 0 aliphatic rings. The van der Waals surface area contributed by atoms with Crippen molar-refractivity contribution in [3.63, 3.8) is 0 Å². The van der Waals surface area contributed by atoms with Gasteiger partial charge in [-0.1, -0.05) is 59.7 Å². The van der Waals surface area contributed by atoms with Gasteiger partial charge in [-0.25, -0.2) is 0 Å². The minimum atomic E-state index is -1.48. The Kier molecular flexibility index (Phi) is 6.93. The first-order chi connectivity index (χ1) is 8.45. The van der Waals surface area contributed by atoms with Gasteiger partial charge in [0, 0.05) is 4.37 Å². The van der Waals surface area contributed by atoms with Crippen molar-refractivity contribution in [1.29, 1.82) is 0 Å². The lowest BCUT2D eigenvalue weighted by molar-refractivity contribution is 0.0828. The summed E-state index contributed by atoms with van der Waals surface area (Å²) in [6, 6.07) is 3.90. The van der Waals surface area contributed by atoms with E-state index in [2.05, 4.69) is 55.4 Å². The van der Waals surface area contributed by atoms with Crippen LogP contribution in [0.4, 0.5) is 0 Å². The van der Waals surface area contributed by atoms with Gasteiger partial charge in [-0.15, -0.1) is 0 Å². The summed E-state index contributed by atoms with van der Waals surface area (Å²) < 4.78 is 6.10. The van der Waals surface area contributed by atoms with E-state index in [0.29, 0.717) is 0 Å². The van der Waals surface area contributed by atoms with Crippen LogP contribution in [0.1, 0.15) is 61.8 Å². The summed E-state index contributed by atoms with van der Waals surface area (Å²) in [4.78, 5) is 0. The van der Waals surface area contributed by atoms with Crippen LogP contribution in [0, 0.1) is 5.41 Å². The first-order valence-corrected chi connectivity index (χ1v) is 11.6. The lowest BCUT2D eigenvalue weighted by Gasteiger charge is -2.56. The molecule has 0 amide bonds. The molecule has 0 aromatic rings. The molecule has 1 atom stereocenters. The zero-order valence-corrected chi connectivity index (χ0v) is 18.6. The zero-order chi connectivity index (χ0) is 15.5. The number of rotatable bonds is 7. The first-order valence-electron chi connectivity index (χ1n) is 7.73. The Hall–Kier alpha value is 0.744. The SMILES string of the molecule is CC[Si](CC)(CC)[C@](S)(CC(C)(C)C)C(C)(C)O[SiH3]. The van der Waals surface area contributed by atoms with Crippen LogP contribution >= 0.6 is 12.6 Å². The monoisotopic (exact) mass is 320 g/mol. The fraction of sp³-hybridized carbons (Fsp3) is 1.00. The van der Waals surface area contributed by atoms with Crippen molar-refractivity contribution in [2.24, 2.45) is 5.41 Å². The van der Waals surface area contributed by atoms with Crippen molar-refractivity contribution in [2.45, 2.75) is 89.9 Å². The third-order valence-corrected chi connectivity index (χ3v) is 14.9. The van der Waals surface area contributed by atoms with Crippen LogP contribution in [0.2, 0.25) is 18.1 Å². The highest BCUT2D eigenvalue weighted by atomic mass is 32.1. The van der Waals surface area contributed by atoms with Crippen LogP contribution in [-0.2, 0) is 4.43 Å². The Morgan fingerprint density at radius 3 is 1.53 bits per heavy atom. The van der Waals surface area contributed by atoms with E-state index in [0.717, 1.165) is 16.9 Å². The highest BCUT2D eigenvalue weighted by molar-refractivity contribution is 7.84. The molecule has 0 heterocycles. The molecule has 4 heteroatoms. The van der Waals surface area contributed by atoms with Crippen LogP contribution in [0.3, 0.4) is 0 Å². The van der Waals surface area contributed by atoms with Crippen molar-refractivity contribution in [3.8, 4) is 0 Å². The summed E-state index contributed by atoms with van der Waals surface area (Å²) in [5.74, 6) is 0. The molecule has 0 saturated carbocycles. The molecule has 0 N–H and O–H groups in total. The first kappa shape index (κ1) is 19.7. The second-order valence-corrected chi connectivity index (χ2v) is 14.8. The molecule has 0 rings (SSSR count). The van der Waals surface area contributed by atoms with Crippen molar-refractivity contribution in [3.05, 3.63) is 0 Å². The fourth-order valence-electron chi connectivity index (χ4n) is 3.60. The molecule has 0 unspecified atom stereocenters. The molecule has 0 aliphatic carbocycles. The molecule has 0 fully saturated rings. The Labute approximate surface area is 131 Å². The minimum Gasteiger partial charge on any atom is -0.422 e. The van der Waals surface area contributed by atoms with E-state index in [1.54, 1.807) is 0 Å². The van der Waals surface area contributed by atoms with Gasteiger partial charge in [-0.3, -0.25) is 0 Å². The van der Waals surface area contributed by atoms with Gasteiger partial charge < -0.3 is 4.43 Å². The van der Waals surface area contributed by atoms with E-state index in [-0.39, 0.29) is 15.4 Å². The molecule has 19 heavy (non-hydrogen) atoms. The maximum Gasteiger partial charge on any atom is 0.146 e. The third-order valence-electron chi connectivity index (χ3n) is 5.20. The highest BCUT2D eigenvalue weighted by Crippen LogP contribution is 2.51. The zero-order valence-electron chi connectivity index (χ0n) is 14.7. The van der Waals surface area contributed by atoms with E-state index >= 15 is 0 Å². The van der Waals surface area contributed by atoms with Gasteiger partial charge in [0.15, 0.2) is 0 Å². The lowest BCUT2D eigenvalue weighted by atomic mass is 9.85. The van der Waals surface area contributed by atoms with Crippen LogP contribution in [0.25, 0.3) is 0 Å². The van der Waals surface area contributed by atoms with Crippen molar-refractivity contribution in [1.82, 2.24) is 0 Å². The average Bonchev–Trinajstić information content (AvgIpc) is 2.29.